The maximum atomic E-state index is 9.42. The predicted octanol–water partition coefficient (Wildman–Crippen LogP) is 0.899. The fraction of sp³-hybridized carbons (Fsp3) is 0.909. The number of nitrogens with zero attached hydrogens (tertiary/aromatic N) is 1. The van der Waals surface area contributed by atoms with Gasteiger partial charge in [-0.15, -0.1) is 0 Å². The van der Waals surface area contributed by atoms with Gasteiger partial charge in [0, 0.05) is 26.1 Å². The topological polar surface area (TPSA) is 49.5 Å². The van der Waals surface area contributed by atoms with Crippen LogP contribution in [0.4, 0.5) is 0 Å². The fourth-order valence-corrected chi connectivity index (χ4v) is 2.80. The molecule has 4 heteroatoms. The fourth-order valence-electron chi connectivity index (χ4n) is 2.49. The van der Waals surface area contributed by atoms with E-state index in [1.54, 1.807) is 0 Å². The summed E-state index contributed by atoms with van der Waals surface area (Å²) >= 11 is 4.99. The van der Waals surface area contributed by atoms with Crippen molar-refractivity contribution in [3.8, 4) is 0 Å². The molecule has 0 aromatic carbocycles. The van der Waals surface area contributed by atoms with Gasteiger partial charge in [0.05, 0.1) is 11.1 Å². The second-order valence-electron chi connectivity index (χ2n) is 5.15. The van der Waals surface area contributed by atoms with Gasteiger partial charge >= 0.3 is 0 Å². The Morgan fingerprint density at radius 1 is 1.40 bits per heavy atom. The number of piperidine rings is 1. The largest absolute Gasteiger partial charge is 0.393 e. The summed E-state index contributed by atoms with van der Waals surface area (Å²) in [4.78, 5) is 3.11. The van der Waals surface area contributed by atoms with Crippen LogP contribution < -0.4 is 5.73 Å². The van der Waals surface area contributed by atoms with Gasteiger partial charge in [-0.25, -0.2) is 0 Å². The predicted molar refractivity (Wildman–Crippen MR) is 64.8 cm³/mol. The number of thiocarbonyl (C=S) groups is 1. The molecule has 86 valence electrons. The molecule has 0 spiro atoms. The van der Waals surface area contributed by atoms with Gasteiger partial charge in [0.25, 0.3) is 0 Å². The van der Waals surface area contributed by atoms with E-state index in [1.165, 1.54) is 12.8 Å². The molecule has 0 bridgehead atoms. The van der Waals surface area contributed by atoms with E-state index in [4.69, 9.17) is 18.0 Å². The van der Waals surface area contributed by atoms with E-state index in [1.807, 2.05) is 0 Å². The molecule has 2 rings (SSSR count). The molecule has 1 aliphatic carbocycles. The molecular formula is C11H20N2OS. The highest BCUT2D eigenvalue weighted by molar-refractivity contribution is 7.80. The molecule has 0 atom stereocenters. The molecule has 2 aliphatic rings. The monoisotopic (exact) mass is 228 g/mol. The molecule has 3 nitrogen and oxygen atoms in total. The summed E-state index contributed by atoms with van der Waals surface area (Å²) in [5, 5.41) is 9.42. The van der Waals surface area contributed by atoms with E-state index < -0.39 is 0 Å². The molecule has 0 radical (unpaired) electrons. The molecule has 0 aromatic rings. The highest BCUT2D eigenvalue weighted by Crippen LogP contribution is 2.49. The summed E-state index contributed by atoms with van der Waals surface area (Å²) in [5.41, 5.74) is 6.02. The number of aliphatic hydroxyl groups excluding tert-OH is 1. The SMILES string of the molecule is NC(=S)CC1(CN2CCC(O)CC2)CC1. The Hall–Kier alpha value is -0.190. The average molecular weight is 228 g/mol. The third-order valence-corrected chi connectivity index (χ3v) is 3.77. The molecule has 0 unspecified atom stereocenters. The van der Waals surface area contributed by atoms with Gasteiger partial charge in [0.2, 0.25) is 0 Å². The van der Waals surface area contributed by atoms with Crippen molar-refractivity contribution in [2.45, 2.75) is 38.2 Å². The second kappa shape index (κ2) is 4.36. The summed E-state index contributed by atoms with van der Waals surface area (Å²) in [7, 11) is 0. The number of aliphatic hydroxyl groups is 1. The molecule has 1 aliphatic heterocycles. The minimum absolute atomic E-state index is 0.0769. The van der Waals surface area contributed by atoms with Crippen LogP contribution in [-0.4, -0.2) is 40.7 Å². The van der Waals surface area contributed by atoms with Crippen molar-refractivity contribution in [2.24, 2.45) is 11.1 Å². The molecular weight excluding hydrogens is 208 g/mol. The van der Waals surface area contributed by atoms with Gasteiger partial charge in [0.1, 0.15) is 0 Å². The minimum atomic E-state index is -0.0769. The quantitative estimate of drug-likeness (QED) is 0.702. The lowest BCUT2D eigenvalue weighted by molar-refractivity contribution is 0.0728. The molecule has 0 aromatic heterocycles. The molecule has 1 saturated heterocycles. The molecule has 3 N–H and O–H groups in total. The van der Waals surface area contributed by atoms with Crippen LogP contribution in [0, 0.1) is 5.41 Å². The van der Waals surface area contributed by atoms with Crippen molar-refractivity contribution < 1.29 is 5.11 Å². The Labute approximate surface area is 96.6 Å². The average Bonchev–Trinajstić information content (AvgIpc) is 2.88. The molecule has 1 saturated carbocycles. The molecule has 0 amide bonds. The highest BCUT2D eigenvalue weighted by atomic mass is 32.1. The number of hydrogen-bond donors (Lipinski definition) is 2. The van der Waals surface area contributed by atoms with Crippen LogP contribution in [0.25, 0.3) is 0 Å². The van der Waals surface area contributed by atoms with Crippen LogP contribution >= 0.6 is 12.2 Å². The minimum Gasteiger partial charge on any atom is -0.393 e. The van der Waals surface area contributed by atoms with Crippen molar-refractivity contribution in [2.75, 3.05) is 19.6 Å². The summed E-state index contributed by atoms with van der Waals surface area (Å²) in [6.45, 7) is 3.18. The normalized spacial score (nSPS) is 26.5. The first-order chi connectivity index (χ1) is 7.10. The van der Waals surface area contributed by atoms with Crippen molar-refractivity contribution in [1.82, 2.24) is 4.90 Å². The molecule has 2 fully saturated rings. The van der Waals surface area contributed by atoms with Gasteiger partial charge in [-0.1, -0.05) is 12.2 Å². The van der Waals surface area contributed by atoms with Crippen LogP contribution in [0.15, 0.2) is 0 Å². The Kier molecular flexibility index (Phi) is 3.28. The third kappa shape index (κ3) is 3.13. The van der Waals surface area contributed by atoms with Gasteiger partial charge in [0.15, 0.2) is 0 Å². The zero-order valence-corrected chi connectivity index (χ0v) is 9.93. The standard InChI is InChI=1S/C11H20N2OS/c12-10(15)7-11(3-4-11)8-13-5-1-9(14)2-6-13/h9,14H,1-8H2,(H2,12,15). The third-order valence-electron chi connectivity index (χ3n) is 3.62. The van der Waals surface area contributed by atoms with Gasteiger partial charge < -0.3 is 15.7 Å². The van der Waals surface area contributed by atoms with Crippen molar-refractivity contribution in [3.05, 3.63) is 0 Å². The Bertz CT molecular complexity index is 245. The van der Waals surface area contributed by atoms with Crippen LogP contribution in [0.2, 0.25) is 0 Å². The van der Waals surface area contributed by atoms with Crippen LogP contribution in [0.1, 0.15) is 32.1 Å². The van der Waals surface area contributed by atoms with E-state index in [0.29, 0.717) is 10.4 Å². The first-order valence-electron chi connectivity index (χ1n) is 5.78. The first-order valence-corrected chi connectivity index (χ1v) is 6.19. The number of nitrogens with two attached hydrogens (primary N) is 1. The van der Waals surface area contributed by atoms with E-state index in [0.717, 1.165) is 38.9 Å². The summed E-state index contributed by atoms with van der Waals surface area (Å²) in [6, 6.07) is 0. The van der Waals surface area contributed by atoms with E-state index >= 15 is 0 Å². The Morgan fingerprint density at radius 2 is 2.00 bits per heavy atom. The zero-order chi connectivity index (χ0) is 10.9. The Balaban J connectivity index is 1.79. The number of hydrogen-bond acceptors (Lipinski definition) is 3. The number of likely N-dealkylation sites (tertiary alicyclic amines) is 1. The maximum Gasteiger partial charge on any atom is 0.0733 e. The van der Waals surface area contributed by atoms with Crippen molar-refractivity contribution >= 4 is 17.2 Å². The first kappa shape index (κ1) is 11.3. The second-order valence-corrected chi connectivity index (χ2v) is 5.67. The van der Waals surface area contributed by atoms with Gasteiger partial charge in [-0.2, -0.15) is 0 Å². The zero-order valence-electron chi connectivity index (χ0n) is 9.11. The highest BCUT2D eigenvalue weighted by Gasteiger charge is 2.44. The number of rotatable bonds is 4. The Morgan fingerprint density at radius 3 is 2.47 bits per heavy atom. The lowest BCUT2D eigenvalue weighted by Gasteiger charge is -2.32. The van der Waals surface area contributed by atoms with Gasteiger partial charge in [-0.3, -0.25) is 0 Å². The molecule has 15 heavy (non-hydrogen) atoms. The lowest BCUT2D eigenvalue weighted by atomic mass is 9.99. The summed E-state index contributed by atoms with van der Waals surface area (Å²) < 4.78 is 0. The van der Waals surface area contributed by atoms with Gasteiger partial charge in [-0.05, 0) is 31.1 Å². The van der Waals surface area contributed by atoms with E-state index in [-0.39, 0.29) is 6.10 Å². The van der Waals surface area contributed by atoms with E-state index in [9.17, 15) is 5.11 Å². The summed E-state index contributed by atoms with van der Waals surface area (Å²) in [5.74, 6) is 0. The lowest BCUT2D eigenvalue weighted by Crippen LogP contribution is -2.40. The summed E-state index contributed by atoms with van der Waals surface area (Å²) in [6.07, 6.45) is 5.20. The van der Waals surface area contributed by atoms with Crippen LogP contribution in [0.3, 0.4) is 0 Å². The molecule has 1 heterocycles. The van der Waals surface area contributed by atoms with Crippen LogP contribution in [0.5, 0.6) is 0 Å². The maximum absolute atomic E-state index is 9.42. The smallest absolute Gasteiger partial charge is 0.0733 e. The van der Waals surface area contributed by atoms with E-state index in [2.05, 4.69) is 4.90 Å². The van der Waals surface area contributed by atoms with Crippen molar-refractivity contribution in [1.29, 1.82) is 0 Å². The van der Waals surface area contributed by atoms with Crippen molar-refractivity contribution in [3.63, 3.8) is 0 Å². The van der Waals surface area contributed by atoms with Crippen LogP contribution in [-0.2, 0) is 0 Å².